The van der Waals surface area contributed by atoms with E-state index in [-0.39, 0.29) is 11.8 Å². The maximum absolute atomic E-state index is 12.3. The second kappa shape index (κ2) is 4.69. The van der Waals surface area contributed by atoms with Crippen molar-refractivity contribution in [1.29, 1.82) is 5.26 Å². The Morgan fingerprint density at radius 2 is 2.05 bits per heavy atom. The van der Waals surface area contributed by atoms with Crippen LogP contribution in [0.5, 0.6) is 0 Å². The summed E-state index contributed by atoms with van der Waals surface area (Å²) in [5.74, 6) is 0.0487. The van der Waals surface area contributed by atoms with Crippen LogP contribution >= 0.6 is 0 Å². The van der Waals surface area contributed by atoms with E-state index in [0.29, 0.717) is 29.7 Å². The van der Waals surface area contributed by atoms with Crippen LogP contribution in [0.1, 0.15) is 23.2 Å². The van der Waals surface area contributed by atoms with Crippen LogP contribution < -0.4 is 0 Å². The largest absolute Gasteiger partial charge is 0.339 e. The van der Waals surface area contributed by atoms with E-state index in [2.05, 4.69) is 21.0 Å². The molecule has 0 spiro atoms. The fourth-order valence-electron chi connectivity index (χ4n) is 2.31. The SMILES string of the molecule is N#CC1CCN(C(=O)c2ccc3nonc3c2)CC1. The second-order valence-corrected chi connectivity index (χ2v) is 4.66. The molecule has 3 rings (SSSR count). The van der Waals surface area contributed by atoms with E-state index in [0.717, 1.165) is 12.8 Å². The van der Waals surface area contributed by atoms with Gasteiger partial charge in [0.05, 0.1) is 6.07 Å². The van der Waals surface area contributed by atoms with Gasteiger partial charge in [0, 0.05) is 24.6 Å². The molecular weight excluding hydrogens is 244 g/mol. The van der Waals surface area contributed by atoms with Crippen LogP contribution in [0.2, 0.25) is 0 Å². The molecule has 1 amide bonds. The standard InChI is InChI=1S/C13H12N4O2/c14-8-9-3-5-17(6-4-9)13(18)10-1-2-11-12(7-10)16-19-15-11/h1-2,7,9H,3-6H2. The highest BCUT2D eigenvalue weighted by atomic mass is 16.6. The number of nitrogens with zero attached hydrogens (tertiary/aromatic N) is 4. The van der Waals surface area contributed by atoms with Crippen molar-refractivity contribution >= 4 is 16.9 Å². The smallest absolute Gasteiger partial charge is 0.253 e. The average molecular weight is 256 g/mol. The van der Waals surface area contributed by atoms with Crippen LogP contribution in [0.4, 0.5) is 0 Å². The minimum atomic E-state index is -0.0266. The van der Waals surface area contributed by atoms with Crippen molar-refractivity contribution in [1.82, 2.24) is 15.2 Å². The molecule has 0 bridgehead atoms. The van der Waals surface area contributed by atoms with Crippen molar-refractivity contribution in [2.24, 2.45) is 5.92 Å². The number of fused-ring (bicyclic) bond motifs is 1. The summed E-state index contributed by atoms with van der Waals surface area (Å²) in [5, 5.41) is 16.3. The van der Waals surface area contributed by atoms with Crippen molar-refractivity contribution in [2.75, 3.05) is 13.1 Å². The first-order chi connectivity index (χ1) is 9.28. The first kappa shape index (κ1) is 11.7. The van der Waals surface area contributed by atoms with E-state index >= 15 is 0 Å². The highest BCUT2D eigenvalue weighted by molar-refractivity contribution is 5.97. The molecule has 0 radical (unpaired) electrons. The van der Waals surface area contributed by atoms with Crippen molar-refractivity contribution in [2.45, 2.75) is 12.8 Å². The zero-order valence-electron chi connectivity index (χ0n) is 10.2. The summed E-state index contributed by atoms with van der Waals surface area (Å²) >= 11 is 0. The number of nitriles is 1. The first-order valence-electron chi connectivity index (χ1n) is 6.19. The number of piperidine rings is 1. The summed E-state index contributed by atoms with van der Waals surface area (Å²) in [4.78, 5) is 14.1. The number of rotatable bonds is 1. The molecule has 6 heteroatoms. The molecule has 0 aliphatic carbocycles. The Kier molecular flexibility index (Phi) is 2.88. The van der Waals surface area contributed by atoms with E-state index in [1.165, 1.54) is 0 Å². The number of carbonyl (C=O) groups excluding carboxylic acids is 1. The molecule has 96 valence electrons. The Hall–Kier alpha value is -2.42. The summed E-state index contributed by atoms with van der Waals surface area (Å²) in [6.07, 6.45) is 1.49. The fourth-order valence-corrected chi connectivity index (χ4v) is 2.31. The lowest BCUT2D eigenvalue weighted by Gasteiger charge is -2.29. The lowest BCUT2D eigenvalue weighted by atomic mass is 9.98. The van der Waals surface area contributed by atoms with Gasteiger partial charge in [-0.15, -0.1) is 0 Å². The molecule has 19 heavy (non-hydrogen) atoms. The first-order valence-corrected chi connectivity index (χ1v) is 6.19. The topological polar surface area (TPSA) is 83.0 Å². The van der Waals surface area contributed by atoms with Gasteiger partial charge in [0.2, 0.25) is 0 Å². The molecule has 2 aromatic rings. The number of likely N-dealkylation sites (tertiary alicyclic amines) is 1. The van der Waals surface area contributed by atoms with Crippen molar-refractivity contribution < 1.29 is 9.42 Å². The number of hydrogen-bond acceptors (Lipinski definition) is 5. The molecule has 1 aromatic heterocycles. The van der Waals surface area contributed by atoms with Gasteiger partial charge >= 0.3 is 0 Å². The van der Waals surface area contributed by atoms with Gasteiger partial charge in [0.1, 0.15) is 11.0 Å². The number of benzene rings is 1. The molecule has 0 N–H and O–H groups in total. The molecule has 0 unspecified atom stereocenters. The van der Waals surface area contributed by atoms with Crippen LogP contribution in [-0.2, 0) is 0 Å². The van der Waals surface area contributed by atoms with E-state index in [1.807, 2.05) is 0 Å². The number of carbonyl (C=O) groups is 1. The molecular formula is C13H12N4O2. The van der Waals surface area contributed by atoms with E-state index in [1.54, 1.807) is 23.1 Å². The Bertz CT molecular complexity index is 650. The summed E-state index contributed by atoms with van der Waals surface area (Å²) in [5.41, 5.74) is 1.80. The Morgan fingerprint density at radius 1 is 1.32 bits per heavy atom. The fraction of sp³-hybridized carbons (Fsp3) is 0.385. The molecule has 1 fully saturated rings. The minimum absolute atomic E-state index is 0.0266. The average Bonchev–Trinajstić information content (AvgIpc) is 2.94. The minimum Gasteiger partial charge on any atom is -0.339 e. The van der Waals surface area contributed by atoms with Gasteiger partial charge in [0.25, 0.3) is 5.91 Å². The van der Waals surface area contributed by atoms with Crippen molar-refractivity contribution in [3.8, 4) is 6.07 Å². The molecule has 0 atom stereocenters. The zero-order valence-corrected chi connectivity index (χ0v) is 10.2. The summed E-state index contributed by atoms with van der Waals surface area (Å²) in [7, 11) is 0. The zero-order chi connectivity index (χ0) is 13.2. The number of hydrogen-bond donors (Lipinski definition) is 0. The maximum Gasteiger partial charge on any atom is 0.253 e. The summed E-state index contributed by atoms with van der Waals surface area (Å²) < 4.78 is 4.61. The molecule has 1 saturated heterocycles. The number of amides is 1. The van der Waals surface area contributed by atoms with Gasteiger partial charge in [-0.3, -0.25) is 4.79 Å². The quantitative estimate of drug-likeness (QED) is 0.773. The van der Waals surface area contributed by atoms with Gasteiger partial charge < -0.3 is 4.90 Å². The third-order valence-electron chi connectivity index (χ3n) is 3.47. The molecule has 2 heterocycles. The second-order valence-electron chi connectivity index (χ2n) is 4.66. The van der Waals surface area contributed by atoms with Gasteiger partial charge in [-0.2, -0.15) is 5.26 Å². The third-order valence-corrected chi connectivity index (χ3v) is 3.47. The predicted molar refractivity (Wildman–Crippen MR) is 66.0 cm³/mol. The van der Waals surface area contributed by atoms with Gasteiger partial charge in [-0.05, 0) is 41.4 Å². The lowest BCUT2D eigenvalue weighted by molar-refractivity contribution is 0.0707. The predicted octanol–water partition coefficient (Wildman–Crippen LogP) is 1.60. The van der Waals surface area contributed by atoms with Crippen molar-refractivity contribution in [3.63, 3.8) is 0 Å². The van der Waals surface area contributed by atoms with Crippen LogP contribution in [-0.4, -0.2) is 34.2 Å². The highest BCUT2D eigenvalue weighted by Crippen LogP contribution is 2.19. The van der Waals surface area contributed by atoms with Crippen LogP contribution in [0, 0.1) is 17.2 Å². The van der Waals surface area contributed by atoms with Crippen molar-refractivity contribution in [3.05, 3.63) is 23.8 Å². The highest BCUT2D eigenvalue weighted by Gasteiger charge is 2.23. The molecule has 1 aromatic carbocycles. The van der Waals surface area contributed by atoms with Gasteiger partial charge in [-0.1, -0.05) is 0 Å². The van der Waals surface area contributed by atoms with Gasteiger partial charge in [0.15, 0.2) is 0 Å². The van der Waals surface area contributed by atoms with E-state index in [9.17, 15) is 4.79 Å². The van der Waals surface area contributed by atoms with Crippen LogP contribution in [0.15, 0.2) is 22.8 Å². The van der Waals surface area contributed by atoms with Crippen LogP contribution in [0.25, 0.3) is 11.0 Å². The molecule has 6 nitrogen and oxygen atoms in total. The Balaban J connectivity index is 1.78. The van der Waals surface area contributed by atoms with Crippen LogP contribution in [0.3, 0.4) is 0 Å². The normalized spacial score (nSPS) is 16.5. The molecule has 1 aliphatic rings. The Labute approximate surface area is 109 Å². The summed E-state index contributed by atoms with van der Waals surface area (Å²) in [6, 6.07) is 7.39. The lowest BCUT2D eigenvalue weighted by Crippen LogP contribution is -2.38. The summed E-state index contributed by atoms with van der Waals surface area (Å²) in [6.45, 7) is 1.26. The maximum atomic E-state index is 12.3. The van der Waals surface area contributed by atoms with E-state index < -0.39 is 0 Å². The Morgan fingerprint density at radius 3 is 2.79 bits per heavy atom. The molecule has 1 aliphatic heterocycles. The third kappa shape index (κ3) is 2.15. The monoisotopic (exact) mass is 256 g/mol. The molecule has 0 saturated carbocycles. The van der Waals surface area contributed by atoms with Gasteiger partial charge in [-0.25, -0.2) is 4.63 Å². The number of aromatic nitrogens is 2. The van der Waals surface area contributed by atoms with E-state index in [4.69, 9.17) is 5.26 Å².